The van der Waals surface area contributed by atoms with Gasteiger partial charge in [0.05, 0.1) is 25.0 Å². The maximum atomic E-state index is 13.2. The van der Waals surface area contributed by atoms with E-state index in [0.29, 0.717) is 18.0 Å². The minimum Gasteiger partial charge on any atom is -0.381 e. The summed E-state index contributed by atoms with van der Waals surface area (Å²) >= 11 is 0. The van der Waals surface area contributed by atoms with Gasteiger partial charge in [-0.05, 0) is 51.0 Å². The predicted octanol–water partition coefficient (Wildman–Crippen LogP) is 1.71. The van der Waals surface area contributed by atoms with E-state index in [-0.39, 0.29) is 24.8 Å². The van der Waals surface area contributed by atoms with Crippen LogP contribution in [0, 0.1) is 11.8 Å². The molecule has 3 rings (SSSR count). The quantitative estimate of drug-likeness (QED) is 0.509. The number of halogens is 3. The molecule has 0 spiro atoms. The molecule has 1 saturated carbocycles. The van der Waals surface area contributed by atoms with Crippen LogP contribution in [-0.4, -0.2) is 68.2 Å². The van der Waals surface area contributed by atoms with Crippen LogP contribution in [0.5, 0.6) is 0 Å². The fourth-order valence-electron chi connectivity index (χ4n) is 5.07. The number of piperidine rings is 1. The van der Waals surface area contributed by atoms with Crippen molar-refractivity contribution < 1.29 is 22.7 Å². The molecule has 2 heterocycles. The van der Waals surface area contributed by atoms with Gasteiger partial charge in [-0.3, -0.25) is 15.0 Å². The van der Waals surface area contributed by atoms with Crippen molar-refractivity contribution in [3.8, 4) is 0 Å². The number of nitrogens with one attached hydrogen (secondary N) is 4. The number of carbonyl (C=O) groups is 1. The summed E-state index contributed by atoms with van der Waals surface area (Å²) in [6.45, 7) is 3.07. The van der Waals surface area contributed by atoms with Crippen molar-refractivity contribution in [3.05, 3.63) is 0 Å². The molecule has 3 aliphatic rings. The Morgan fingerprint density at radius 3 is 2.67 bits per heavy atom. The average molecular weight is 436 g/mol. The molecule has 7 nitrogen and oxygen atoms in total. The van der Waals surface area contributed by atoms with Crippen molar-refractivity contribution >= 4 is 5.91 Å². The lowest BCUT2D eigenvalue weighted by Crippen LogP contribution is -2.60. The normalized spacial score (nSPS) is 37.1. The molecule has 1 aliphatic carbocycles. The van der Waals surface area contributed by atoms with Crippen LogP contribution in [0.15, 0.2) is 0 Å². The van der Waals surface area contributed by atoms with Gasteiger partial charge >= 0.3 is 6.18 Å². The highest BCUT2D eigenvalue weighted by Gasteiger charge is 2.46. The van der Waals surface area contributed by atoms with Crippen molar-refractivity contribution in [2.24, 2.45) is 11.8 Å². The zero-order valence-corrected chi connectivity index (χ0v) is 18.1. The summed E-state index contributed by atoms with van der Waals surface area (Å²) in [5.74, 6) is 0.643. The standard InChI is InChI=1S/C20H36F3N5O2/c1-12(7-18-27-24-11-28(18)2)13-5-4-6-14(8-13)25-19(29)16-9-15(30-3)10-17(26-16)20(21,22)23/h12-18,24,26-27H,4-11H2,1-3H3,(H,25,29)/t12-,13?,14?,15?,16?,17?,18?/m1/s1. The van der Waals surface area contributed by atoms with Gasteiger partial charge in [-0.2, -0.15) is 13.2 Å². The second-order valence-electron chi connectivity index (χ2n) is 9.24. The van der Waals surface area contributed by atoms with Gasteiger partial charge in [-0.15, -0.1) is 0 Å². The molecular weight excluding hydrogens is 399 g/mol. The highest BCUT2D eigenvalue weighted by atomic mass is 19.4. The predicted molar refractivity (Wildman–Crippen MR) is 107 cm³/mol. The van der Waals surface area contributed by atoms with Gasteiger partial charge in [0, 0.05) is 13.2 Å². The van der Waals surface area contributed by atoms with E-state index in [9.17, 15) is 18.0 Å². The van der Waals surface area contributed by atoms with Crippen molar-refractivity contribution in [2.45, 2.75) is 88.4 Å². The Balaban J connectivity index is 1.52. The van der Waals surface area contributed by atoms with E-state index in [1.807, 2.05) is 0 Å². The molecule has 174 valence electrons. The Kier molecular flexibility index (Phi) is 8.00. The van der Waals surface area contributed by atoms with Gasteiger partial charge in [0.25, 0.3) is 0 Å². The minimum atomic E-state index is -4.39. The van der Waals surface area contributed by atoms with Crippen LogP contribution in [0.3, 0.4) is 0 Å². The molecular formula is C20H36F3N5O2. The Bertz CT molecular complexity index is 579. The number of methoxy groups -OCH3 is 1. The summed E-state index contributed by atoms with van der Waals surface area (Å²) in [7, 11) is 3.48. The first-order valence-corrected chi connectivity index (χ1v) is 11.0. The zero-order valence-electron chi connectivity index (χ0n) is 18.1. The van der Waals surface area contributed by atoms with Gasteiger partial charge in [-0.1, -0.05) is 19.8 Å². The third-order valence-electron chi connectivity index (χ3n) is 7.03. The molecule has 7 atom stereocenters. The number of carbonyl (C=O) groups excluding carboxylic acids is 1. The van der Waals surface area contributed by atoms with Gasteiger partial charge in [0.15, 0.2) is 0 Å². The van der Waals surface area contributed by atoms with Gasteiger partial charge in [0.1, 0.15) is 6.04 Å². The second-order valence-corrected chi connectivity index (χ2v) is 9.24. The Morgan fingerprint density at radius 2 is 2.03 bits per heavy atom. The first-order valence-electron chi connectivity index (χ1n) is 11.0. The number of rotatable bonds is 6. The molecule has 4 N–H and O–H groups in total. The van der Waals surface area contributed by atoms with E-state index in [0.717, 1.165) is 38.8 Å². The maximum Gasteiger partial charge on any atom is 0.403 e. The average Bonchev–Trinajstić information content (AvgIpc) is 3.11. The van der Waals surface area contributed by atoms with E-state index in [1.54, 1.807) is 0 Å². The molecule has 2 saturated heterocycles. The molecule has 0 aromatic carbocycles. The highest BCUT2D eigenvalue weighted by molar-refractivity contribution is 5.82. The summed E-state index contributed by atoms with van der Waals surface area (Å²) in [5.41, 5.74) is 6.43. The lowest BCUT2D eigenvalue weighted by atomic mass is 9.77. The molecule has 2 aliphatic heterocycles. The van der Waals surface area contributed by atoms with Gasteiger partial charge < -0.3 is 10.1 Å². The van der Waals surface area contributed by atoms with E-state index in [1.165, 1.54) is 7.11 Å². The Hall–Kier alpha value is -0.940. The third kappa shape index (κ3) is 6.06. The molecule has 0 radical (unpaired) electrons. The van der Waals surface area contributed by atoms with E-state index in [4.69, 9.17) is 4.74 Å². The van der Waals surface area contributed by atoms with Gasteiger partial charge in [0.2, 0.25) is 5.91 Å². The number of hydrazine groups is 1. The number of ether oxygens (including phenoxy) is 1. The van der Waals surface area contributed by atoms with E-state index >= 15 is 0 Å². The highest BCUT2D eigenvalue weighted by Crippen LogP contribution is 2.33. The molecule has 10 heteroatoms. The Morgan fingerprint density at radius 1 is 1.27 bits per heavy atom. The van der Waals surface area contributed by atoms with Crippen LogP contribution in [0.4, 0.5) is 13.2 Å². The van der Waals surface area contributed by atoms with Gasteiger partial charge in [-0.25, -0.2) is 10.9 Å². The second kappa shape index (κ2) is 10.1. The van der Waals surface area contributed by atoms with Crippen LogP contribution in [0.25, 0.3) is 0 Å². The van der Waals surface area contributed by atoms with E-state index < -0.39 is 24.4 Å². The van der Waals surface area contributed by atoms with Crippen molar-refractivity contribution in [2.75, 3.05) is 20.8 Å². The lowest BCUT2D eigenvalue weighted by molar-refractivity contribution is -0.174. The summed E-state index contributed by atoms with van der Waals surface area (Å²) < 4.78 is 44.8. The summed E-state index contributed by atoms with van der Waals surface area (Å²) in [6, 6.07) is -2.58. The maximum absolute atomic E-state index is 13.2. The molecule has 0 aromatic heterocycles. The monoisotopic (exact) mass is 435 g/mol. The lowest BCUT2D eigenvalue weighted by Gasteiger charge is -2.38. The van der Waals surface area contributed by atoms with Crippen LogP contribution < -0.4 is 21.5 Å². The molecule has 3 fully saturated rings. The number of amides is 1. The first kappa shape index (κ1) is 23.7. The smallest absolute Gasteiger partial charge is 0.381 e. The third-order valence-corrected chi connectivity index (χ3v) is 7.03. The first-order chi connectivity index (χ1) is 14.2. The molecule has 0 bridgehead atoms. The van der Waals surface area contributed by atoms with Crippen LogP contribution in [-0.2, 0) is 9.53 Å². The minimum absolute atomic E-state index is 0.0140. The Labute approximate surface area is 176 Å². The fraction of sp³-hybridized carbons (Fsp3) is 0.950. The molecule has 6 unspecified atom stereocenters. The van der Waals surface area contributed by atoms with Crippen LogP contribution in [0.1, 0.15) is 51.9 Å². The summed E-state index contributed by atoms with van der Waals surface area (Å²) in [5, 5.41) is 5.53. The van der Waals surface area contributed by atoms with Crippen molar-refractivity contribution in [1.29, 1.82) is 0 Å². The number of nitrogens with zero attached hydrogens (tertiary/aromatic N) is 1. The topological polar surface area (TPSA) is 77.7 Å². The SMILES string of the molecule is COC1CC(C(=O)NC2CCCC([C@H](C)CC3NNCN3C)C2)NC(C(F)(F)F)C1. The van der Waals surface area contributed by atoms with Crippen LogP contribution in [0.2, 0.25) is 0 Å². The summed E-state index contributed by atoms with van der Waals surface area (Å²) in [6.07, 6.45) is 0.348. The zero-order chi connectivity index (χ0) is 21.9. The largest absolute Gasteiger partial charge is 0.403 e. The summed E-state index contributed by atoms with van der Waals surface area (Å²) in [4.78, 5) is 15.0. The molecule has 30 heavy (non-hydrogen) atoms. The number of hydrogen-bond donors (Lipinski definition) is 4. The van der Waals surface area contributed by atoms with E-state index in [2.05, 4.69) is 40.4 Å². The number of alkyl halides is 3. The van der Waals surface area contributed by atoms with Crippen molar-refractivity contribution in [1.82, 2.24) is 26.4 Å². The molecule has 0 aromatic rings. The van der Waals surface area contributed by atoms with Crippen molar-refractivity contribution in [3.63, 3.8) is 0 Å². The fourth-order valence-corrected chi connectivity index (χ4v) is 5.07. The molecule has 1 amide bonds. The number of hydrogen-bond acceptors (Lipinski definition) is 6. The van der Waals surface area contributed by atoms with Crippen LogP contribution >= 0.6 is 0 Å².